The van der Waals surface area contributed by atoms with Gasteiger partial charge in [-0.2, -0.15) is 0 Å². The molecule has 0 fully saturated rings. The molecule has 1 heterocycles. The van der Waals surface area contributed by atoms with Crippen LogP contribution in [0, 0.1) is 0 Å². The summed E-state index contributed by atoms with van der Waals surface area (Å²) in [4.78, 5) is 14.7. The van der Waals surface area contributed by atoms with Gasteiger partial charge in [-0.1, -0.05) is 30.3 Å². The highest BCUT2D eigenvalue weighted by Gasteiger charge is 2.12. The lowest BCUT2D eigenvalue weighted by molar-refractivity contribution is 0.0998. The van der Waals surface area contributed by atoms with Gasteiger partial charge in [0, 0.05) is 21.7 Å². The van der Waals surface area contributed by atoms with Crippen LogP contribution in [0.2, 0.25) is 0 Å². The number of nitrogens with one attached hydrogen (secondary N) is 1. The lowest BCUT2D eigenvalue weighted by Gasteiger charge is -2.05. The summed E-state index contributed by atoms with van der Waals surface area (Å²) in [6, 6.07) is 15.2. The van der Waals surface area contributed by atoms with Crippen molar-refractivity contribution in [2.75, 3.05) is 0 Å². The van der Waals surface area contributed by atoms with Crippen LogP contribution in [-0.4, -0.2) is 16.0 Å². The van der Waals surface area contributed by atoms with Crippen molar-refractivity contribution < 1.29 is 9.90 Å². The largest absolute Gasteiger partial charge is 0.507 e. The first-order valence-corrected chi connectivity index (χ1v) is 6.61. The van der Waals surface area contributed by atoms with Gasteiger partial charge in [0.15, 0.2) is 0 Å². The van der Waals surface area contributed by atoms with Crippen LogP contribution in [-0.2, 0) is 0 Å². The summed E-state index contributed by atoms with van der Waals surface area (Å²) in [6.45, 7) is 0. The van der Waals surface area contributed by atoms with Crippen LogP contribution in [0.3, 0.4) is 0 Å². The number of nitrogens with two attached hydrogens (primary N) is 1. The maximum absolute atomic E-state index is 11.3. The summed E-state index contributed by atoms with van der Waals surface area (Å²) in [5.41, 5.74) is 7.39. The predicted octanol–water partition coefficient (Wildman–Crippen LogP) is 3.28. The Labute approximate surface area is 119 Å². The fourth-order valence-electron chi connectivity index (χ4n) is 2.88. The first-order valence-electron chi connectivity index (χ1n) is 6.61. The number of H-pyrrole nitrogens is 1. The molecule has 4 rings (SSSR count). The van der Waals surface area contributed by atoms with Crippen molar-refractivity contribution >= 4 is 38.5 Å². The van der Waals surface area contributed by atoms with E-state index in [1.165, 1.54) is 0 Å². The Balaban J connectivity index is 2.18. The molecule has 0 bridgehead atoms. The molecular formula is C17H12N2O2. The fourth-order valence-corrected chi connectivity index (χ4v) is 2.88. The minimum absolute atomic E-state index is 0.0962. The number of carbonyl (C=O) groups excluding carboxylic acids is 1. The molecule has 4 aromatic rings. The van der Waals surface area contributed by atoms with Gasteiger partial charge in [0.2, 0.25) is 0 Å². The Morgan fingerprint density at radius 3 is 2.62 bits per heavy atom. The number of amides is 1. The minimum Gasteiger partial charge on any atom is -0.507 e. The number of phenols is 1. The summed E-state index contributed by atoms with van der Waals surface area (Å²) < 4.78 is 0. The van der Waals surface area contributed by atoms with E-state index in [1.807, 2.05) is 30.3 Å². The van der Waals surface area contributed by atoms with Gasteiger partial charge in [0.25, 0.3) is 5.91 Å². The van der Waals surface area contributed by atoms with Crippen LogP contribution in [0.15, 0.2) is 48.5 Å². The first-order chi connectivity index (χ1) is 10.1. The molecule has 0 aliphatic rings. The minimum atomic E-state index is -0.633. The van der Waals surface area contributed by atoms with Crippen molar-refractivity contribution in [2.45, 2.75) is 0 Å². The van der Waals surface area contributed by atoms with E-state index in [0.717, 1.165) is 32.6 Å². The van der Waals surface area contributed by atoms with E-state index in [-0.39, 0.29) is 11.3 Å². The number of hydrogen-bond acceptors (Lipinski definition) is 2. The van der Waals surface area contributed by atoms with Crippen LogP contribution in [0.5, 0.6) is 5.75 Å². The normalized spacial score (nSPS) is 11.4. The Morgan fingerprint density at radius 2 is 1.81 bits per heavy atom. The van der Waals surface area contributed by atoms with Gasteiger partial charge in [0.1, 0.15) is 5.75 Å². The molecule has 1 amide bonds. The number of primary amides is 1. The fraction of sp³-hybridized carbons (Fsp3) is 0. The molecule has 0 spiro atoms. The Hall–Kier alpha value is -3.01. The number of aromatic amines is 1. The Bertz CT molecular complexity index is 1030. The van der Waals surface area contributed by atoms with Crippen molar-refractivity contribution in [3.8, 4) is 5.75 Å². The van der Waals surface area contributed by atoms with Gasteiger partial charge in [-0.25, -0.2) is 0 Å². The van der Waals surface area contributed by atoms with Crippen LogP contribution in [0.25, 0.3) is 32.6 Å². The van der Waals surface area contributed by atoms with E-state index in [4.69, 9.17) is 5.73 Å². The number of hydrogen-bond donors (Lipinski definition) is 3. The number of para-hydroxylation sites is 1. The van der Waals surface area contributed by atoms with E-state index in [0.29, 0.717) is 0 Å². The molecule has 21 heavy (non-hydrogen) atoms. The molecule has 4 nitrogen and oxygen atoms in total. The molecule has 0 radical (unpaired) electrons. The topological polar surface area (TPSA) is 79.1 Å². The van der Waals surface area contributed by atoms with Gasteiger partial charge in [-0.3, -0.25) is 4.79 Å². The van der Waals surface area contributed by atoms with Gasteiger partial charge in [0.05, 0.1) is 11.1 Å². The third kappa shape index (κ3) is 1.59. The van der Waals surface area contributed by atoms with Gasteiger partial charge in [-0.15, -0.1) is 0 Å². The number of aromatic hydroxyl groups is 1. The average Bonchev–Trinajstić information content (AvgIpc) is 2.85. The lowest BCUT2D eigenvalue weighted by atomic mass is 10.0. The third-order valence-corrected chi connectivity index (χ3v) is 3.88. The molecule has 4 N–H and O–H groups in total. The van der Waals surface area contributed by atoms with E-state index in [9.17, 15) is 9.90 Å². The number of benzene rings is 3. The smallest absolute Gasteiger partial charge is 0.252 e. The highest BCUT2D eigenvalue weighted by molar-refractivity contribution is 6.18. The molecular weight excluding hydrogens is 264 g/mol. The second-order valence-corrected chi connectivity index (χ2v) is 5.11. The molecule has 0 aliphatic carbocycles. The van der Waals surface area contributed by atoms with Gasteiger partial charge < -0.3 is 15.8 Å². The zero-order valence-electron chi connectivity index (χ0n) is 11.1. The molecule has 0 saturated heterocycles. The van der Waals surface area contributed by atoms with Crippen molar-refractivity contribution in [2.24, 2.45) is 5.73 Å². The predicted molar refractivity (Wildman–Crippen MR) is 83.5 cm³/mol. The van der Waals surface area contributed by atoms with Crippen LogP contribution < -0.4 is 5.73 Å². The van der Waals surface area contributed by atoms with Gasteiger partial charge >= 0.3 is 0 Å². The Morgan fingerprint density at radius 1 is 1.00 bits per heavy atom. The number of carbonyl (C=O) groups is 1. The molecule has 0 unspecified atom stereocenters. The summed E-state index contributed by atoms with van der Waals surface area (Å²) in [5.74, 6) is -0.729. The molecule has 3 aromatic carbocycles. The molecule has 0 saturated carbocycles. The quantitative estimate of drug-likeness (QED) is 0.499. The van der Waals surface area contributed by atoms with Crippen LogP contribution in [0.4, 0.5) is 0 Å². The van der Waals surface area contributed by atoms with Gasteiger partial charge in [-0.05, 0) is 23.6 Å². The second kappa shape index (κ2) is 3.99. The summed E-state index contributed by atoms with van der Waals surface area (Å²) in [7, 11) is 0. The van der Waals surface area contributed by atoms with Crippen molar-refractivity contribution in [3.63, 3.8) is 0 Å². The van der Waals surface area contributed by atoms with E-state index in [1.54, 1.807) is 12.1 Å². The van der Waals surface area contributed by atoms with Crippen LogP contribution >= 0.6 is 0 Å². The summed E-state index contributed by atoms with van der Waals surface area (Å²) in [6.07, 6.45) is 0. The molecule has 1 aromatic heterocycles. The molecule has 4 heteroatoms. The summed E-state index contributed by atoms with van der Waals surface area (Å²) >= 11 is 0. The number of rotatable bonds is 1. The highest BCUT2D eigenvalue weighted by atomic mass is 16.3. The molecule has 102 valence electrons. The second-order valence-electron chi connectivity index (χ2n) is 5.11. The molecule has 0 aliphatic heterocycles. The van der Waals surface area contributed by atoms with Crippen molar-refractivity contribution in [3.05, 3.63) is 54.1 Å². The average molecular weight is 276 g/mol. The van der Waals surface area contributed by atoms with Crippen molar-refractivity contribution in [1.29, 1.82) is 0 Å². The third-order valence-electron chi connectivity index (χ3n) is 3.88. The van der Waals surface area contributed by atoms with E-state index < -0.39 is 5.91 Å². The van der Waals surface area contributed by atoms with E-state index in [2.05, 4.69) is 11.1 Å². The zero-order chi connectivity index (χ0) is 14.6. The highest BCUT2D eigenvalue weighted by Crippen LogP contribution is 2.34. The number of aromatic nitrogens is 1. The maximum Gasteiger partial charge on any atom is 0.252 e. The number of fused-ring (bicyclic) bond motifs is 5. The Kier molecular flexibility index (Phi) is 2.24. The SMILES string of the molecule is NC(=O)c1cc2ccc3c4ccccc4[nH]c3c2cc1O. The van der Waals surface area contributed by atoms with E-state index >= 15 is 0 Å². The maximum atomic E-state index is 11.3. The van der Waals surface area contributed by atoms with Crippen LogP contribution in [0.1, 0.15) is 10.4 Å². The lowest BCUT2D eigenvalue weighted by Crippen LogP contribution is -2.10. The summed E-state index contributed by atoms with van der Waals surface area (Å²) in [5, 5.41) is 13.9. The molecule has 0 atom stereocenters. The first kappa shape index (κ1) is 11.8. The zero-order valence-corrected chi connectivity index (χ0v) is 11.1. The standard InChI is InChI=1S/C17H12N2O2/c18-17(21)13-7-9-5-6-11-10-3-1-2-4-14(10)19-16(11)12(9)8-15(13)20/h1-8,19-20H,(H2,18,21). The van der Waals surface area contributed by atoms with Crippen molar-refractivity contribution in [1.82, 2.24) is 4.98 Å². The monoisotopic (exact) mass is 276 g/mol.